The van der Waals surface area contributed by atoms with Crippen molar-refractivity contribution in [3.63, 3.8) is 0 Å². The fourth-order valence-electron chi connectivity index (χ4n) is 1.91. The molecule has 1 aromatic rings. The van der Waals surface area contributed by atoms with E-state index in [1.165, 1.54) is 0 Å². The Hall–Kier alpha value is -0.280. The molecule has 0 saturated carbocycles. The summed E-state index contributed by atoms with van der Waals surface area (Å²) in [6.07, 6.45) is 1.92. The molecule has 0 fully saturated rings. The first-order valence-corrected chi connectivity index (χ1v) is 7.08. The molecule has 0 radical (unpaired) electrons. The maximum atomic E-state index is 9.48. The summed E-state index contributed by atoms with van der Waals surface area (Å²) in [6.45, 7) is 5.90. The molecule has 1 rings (SSSR count). The molecule has 0 bridgehead atoms. The second-order valence-corrected chi connectivity index (χ2v) is 5.55. The number of nitrogens with one attached hydrogen (secondary N) is 1. The van der Waals surface area contributed by atoms with Gasteiger partial charge in [-0.15, -0.1) is 0 Å². The van der Waals surface area contributed by atoms with Crippen molar-refractivity contribution in [3.8, 4) is 0 Å². The Morgan fingerprint density at radius 1 is 1.22 bits per heavy atom. The van der Waals surface area contributed by atoms with Crippen molar-refractivity contribution in [1.29, 1.82) is 0 Å². The zero-order valence-electron chi connectivity index (χ0n) is 11.0. The Morgan fingerprint density at radius 3 is 2.39 bits per heavy atom. The van der Waals surface area contributed by atoms with Gasteiger partial charge < -0.3 is 10.4 Å². The zero-order valence-corrected chi connectivity index (χ0v) is 12.5. The van der Waals surface area contributed by atoms with Gasteiger partial charge in [-0.25, -0.2) is 0 Å². The van der Waals surface area contributed by atoms with E-state index < -0.39 is 0 Å². The van der Waals surface area contributed by atoms with Gasteiger partial charge >= 0.3 is 0 Å². The molecule has 0 aliphatic carbocycles. The second kappa shape index (κ2) is 7.34. The van der Waals surface area contributed by atoms with Crippen LogP contribution >= 0.6 is 23.2 Å². The van der Waals surface area contributed by atoms with Gasteiger partial charge in [-0.2, -0.15) is 0 Å². The normalized spacial score (nSPS) is 11.8. The van der Waals surface area contributed by atoms with Crippen LogP contribution in [0.4, 0.5) is 0 Å². The summed E-state index contributed by atoms with van der Waals surface area (Å²) in [5.41, 5.74) is 0.999. The zero-order chi connectivity index (χ0) is 13.6. The minimum Gasteiger partial charge on any atom is -0.396 e. The summed E-state index contributed by atoms with van der Waals surface area (Å²) in [5, 5.41) is 14.2. The number of hydrogen-bond acceptors (Lipinski definition) is 2. The Kier molecular flexibility index (Phi) is 6.44. The summed E-state index contributed by atoms with van der Waals surface area (Å²) in [6, 6.07) is 5.51. The molecule has 0 spiro atoms. The highest BCUT2D eigenvalue weighted by atomic mass is 35.5. The number of benzene rings is 1. The Morgan fingerprint density at radius 2 is 1.89 bits per heavy atom. The first-order valence-electron chi connectivity index (χ1n) is 6.32. The van der Waals surface area contributed by atoms with Crippen LogP contribution in [0.25, 0.3) is 0 Å². The standard InChI is InChI=1S/C14H21Cl2NO/c1-3-14(4-2,10-18)9-17-8-11-5-6-12(15)7-13(11)16/h5-7,17-18H,3-4,8-10H2,1-2H3. The maximum absolute atomic E-state index is 9.48. The average Bonchev–Trinajstić information content (AvgIpc) is 2.38. The lowest BCUT2D eigenvalue weighted by Gasteiger charge is -2.29. The predicted molar refractivity (Wildman–Crippen MR) is 78.3 cm³/mol. The second-order valence-electron chi connectivity index (χ2n) is 4.70. The van der Waals surface area contributed by atoms with Gasteiger partial charge in [0.15, 0.2) is 0 Å². The van der Waals surface area contributed by atoms with Crippen molar-refractivity contribution >= 4 is 23.2 Å². The Labute approximate surface area is 119 Å². The molecule has 0 aliphatic rings. The third-order valence-corrected chi connectivity index (χ3v) is 4.25. The quantitative estimate of drug-likeness (QED) is 0.798. The van der Waals surface area contributed by atoms with E-state index in [0.29, 0.717) is 16.6 Å². The molecule has 0 amide bonds. The van der Waals surface area contributed by atoms with Gasteiger partial charge in [0.25, 0.3) is 0 Å². The van der Waals surface area contributed by atoms with Crippen LogP contribution in [0.3, 0.4) is 0 Å². The molecular formula is C14H21Cl2NO. The van der Waals surface area contributed by atoms with Crippen LogP contribution in [0.15, 0.2) is 18.2 Å². The highest BCUT2D eigenvalue weighted by molar-refractivity contribution is 6.35. The molecule has 0 unspecified atom stereocenters. The monoisotopic (exact) mass is 289 g/mol. The first kappa shape index (κ1) is 15.8. The summed E-state index contributed by atoms with van der Waals surface area (Å²) in [5.74, 6) is 0. The molecule has 0 atom stereocenters. The van der Waals surface area contributed by atoms with Gasteiger partial charge in [0.05, 0.1) is 0 Å². The third-order valence-electron chi connectivity index (χ3n) is 3.67. The first-order chi connectivity index (χ1) is 8.56. The van der Waals surface area contributed by atoms with Gasteiger partial charge in [0.2, 0.25) is 0 Å². The summed E-state index contributed by atoms with van der Waals surface area (Å²) in [4.78, 5) is 0. The van der Waals surface area contributed by atoms with Gasteiger partial charge in [-0.3, -0.25) is 0 Å². The van der Waals surface area contributed by atoms with Crippen molar-refractivity contribution in [2.75, 3.05) is 13.2 Å². The largest absolute Gasteiger partial charge is 0.396 e. The fraction of sp³-hybridized carbons (Fsp3) is 0.571. The van der Waals surface area contributed by atoms with E-state index in [1.807, 2.05) is 12.1 Å². The number of aliphatic hydroxyl groups excluding tert-OH is 1. The smallest absolute Gasteiger partial charge is 0.0499 e. The van der Waals surface area contributed by atoms with Crippen molar-refractivity contribution in [3.05, 3.63) is 33.8 Å². The van der Waals surface area contributed by atoms with Gasteiger partial charge in [0.1, 0.15) is 0 Å². The number of halogens is 2. The Bertz CT molecular complexity index is 370. The molecule has 102 valence electrons. The lowest BCUT2D eigenvalue weighted by atomic mass is 9.83. The van der Waals surface area contributed by atoms with E-state index in [2.05, 4.69) is 19.2 Å². The SMILES string of the molecule is CCC(CC)(CO)CNCc1ccc(Cl)cc1Cl. The van der Waals surface area contributed by atoms with Crippen LogP contribution in [-0.4, -0.2) is 18.3 Å². The molecule has 0 aliphatic heterocycles. The third kappa shape index (κ3) is 4.13. The maximum Gasteiger partial charge on any atom is 0.0499 e. The molecule has 18 heavy (non-hydrogen) atoms. The lowest BCUT2D eigenvalue weighted by Crippen LogP contribution is -2.36. The van der Waals surface area contributed by atoms with Crippen molar-refractivity contribution < 1.29 is 5.11 Å². The summed E-state index contributed by atoms with van der Waals surface area (Å²) >= 11 is 12.0. The van der Waals surface area contributed by atoms with Crippen molar-refractivity contribution in [1.82, 2.24) is 5.32 Å². The molecule has 0 heterocycles. The van der Waals surface area contributed by atoms with Gasteiger partial charge in [-0.1, -0.05) is 43.1 Å². The minimum atomic E-state index is -0.0289. The van der Waals surface area contributed by atoms with Gasteiger partial charge in [-0.05, 0) is 30.5 Å². The molecule has 2 N–H and O–H groups in total. The van der Waals surface area contributed by atoms with E-state index in [9.17, 15) is 5.11 Å². The van der Waals surface area contributed by atoms with Crippen LogP contribution in [0.2, 0.25) is 10.0 Å². The molecule has 4 heteroatoms. The van der Waals surface area contributed by atoms with Crippen molar-refractivity contribution in [2.24, 2.45) is 5.41 Å². The van der Waals surface area contributed by atoms with Crippen LogP contribution in [0.1, 0.15) is 32.3 Å². The fourth-order valence-corrected chi connectivity index (χ4v) is 2.38. The van der Waals surface area contributed by atoms with E-state index in [0.717, 1.165) is 24.9 Å². The number of hydrogen-bond donors (Lipinski definition) is 2. The average molecular weight is 290 g/mol. The summed E-state index contributed by atoms with van der Waals surface area (Å²) < 4.78 is 0. The molecule has 1 aromatic carbocycles. The highest BCUT2D eigenvalue weighted by Crippen LogP contribution is 2.25. The van der Waals surface area contributed by atoms with Crippen LogP contribution in [-0.2, 0) is 6.54 Å². The predicted octanol–water partition coefficient (Wildman–Crippen LogP) is 3.88. The van der Waals surface area contributed by atoms with Gasteiger partial charge in [0, 0.05) is 35.2 Å². The van der Waals surface area contributed by atoms with E-state index in [-0.39, 0.29) is 12.0 Å². The van der Waals surface area contributed by atoms with Crippen LogP contribution < -0.4 is 5.32 Å². The van der Waals surface area contributed by atoms with E-state index in [4.69, 9.17) is 23.2 Å². The lowest BCUT2D eigenvalue weighted by molar-refractivity contribution is 0.113. The number of aliphatic hydroxyl groups is 1. The minimum absolute atomic E-state index is 0.0289. The van der Waals surface area contributed by atoms with E-state index >= 15 is 0 Å². The van der Waals surface area contributed by atoms with E-state index in [1.54, 1.807) is 6.07 Å². The molecule has 2 nitrogen and oxygen atoms in total. The highest BCUT2D eigenvalue weighted by Gasteiger charge is 2.24. The molecule has 0 saturated heterocycles. The topological polar surface area (TPSA) is 32.3 Å². The van der Waals surface area contributed by atoms with Crippen LogP contribution in [0, 0.1) is 5.41 Å². The van der Waals surface area contributed by atoms with Crippen LogP contribution in [0.5, 0.6) is 0 Å². The molecule has 0 aromatic heterocycles. The Balaban J connectivity index is 2.55. The van der Waals surface area contributed by atoms with Crippen molar-refractivity contribution in [2.45, 2.75) is 33.2 Å². The summed E-state index contributed by atoms with van der Waals surface area (Å²) in [7, 11) is 0. The molecular weight excluding hydrogens is 269 g/mol. The number of rotatable bonds is 7.